The number of hydrogen-bond donors (Lipinski definition) is 1. The van der Waals surface area contributed by atoms with Crippen molar-refractivity contribution in [1.29, 1.82) is 0 Å². The third kappa shape index (κ3) is 2.19. The van der Waals surface area contributed by atoms with Gasteiger partial charge in [0.15, 0.2) is 0 Å². The summed E-state index contributed by atoms with van der Waals surface area (Å²) in [5, 5.41) is 9.72. The number of aromatic nitrogens is 1. The number of aliphatic hydroxyl groups excluding tert-OH is 1. The van der Waals surface area contributed by atoms with Crippen LogP contribution in [0.3, 0.4) is 0 Å². The van der Waals surface area contributed by atoms with Crippen molar-refractivity contribution in [1.82, 2.24) is 4.98 Å². The van der Waals surface area contributed by atoms with Crippen LogP contribution in [0.4, 0.5) is 0 Å². The second-order valence-corrected chi connectivity index (χ2v) is 4.91. The summed E-state index contributed by atoms with van der Waals surface area (Å²) in [5.74, 6) is 0. The third-order valence-corrected chi connectivity index (χ3v) is 2.71. The van der Waals surface area contributed by atoms with E-state index in [9.17, 15) is 0 Å². The van der Waals surface area contributed by atoms with Crippen molar-refractivity contribution in [2.75, 3.05) is 7.11 Å². The first-order chi connectivity index (χ1) is 5.99. The standard InChI is InChI=1S/C9H15NO2S/c1-9(2,3)7-6(5-11)13-8(10-7)12-4/h11H,5H2,1-4H3. The van der Waals surface area contributed by atoms with Crippen molar-refractivity contribution in [3.05, 3.63) is 10.6 Å². The number of nitrogens with zero attached hydrogens (tertiary/aromatic N) is 1. The molecule has 0 atom stereocenters. The Balaban J connectivity index is 3.11. The zero-order valence-corrected chi connectivity index (χ0v) is 9.23. The Morgan fingerprint density at radius 3 is 2.38 bits per heavy atom. The Morgan fingerprint density at radius 1 is 1.46 bits per heavy atom. The summed E-state index contributed by atoms with van der Waals surface area (Å²) in [5.41, 5.74) is 0.891. The lowest BCUT2D eigenvalue weighted by atomic mass is 9.91. The molecule has 1 rings (SSSR count). The minimum Gasteiger partial charge on any atom is -0.473 e. The van der Waals surface area contributed by atoms with Crippen LogP contribution in [0.25, 0.3) is 0 Å². The van der Waals surface area contributed by atoms with E-state index in [-0.39, 0.29) is 12.0 Å². The molecule has 0 radical (unpaired) electrons. The van der Waals surface area contributed by atoms with Crippen LogP contribution in [-0.4, -0.2) is 17.2 Å². The van der Waals surface area contributed by atoms with Crippen molar-refractivity contribution < 1.29 is 9.84 Å². The quantitative estimate of drug-likeness (QED) is 0.795. The number of ether oxygens (including phenoxy) is 1. The molecule has 1 aromatic rings. The minimum absolute atomic E-state index is 0.0353. The fourth-order valence-electron chi connectivity index (χ4n) is 1.11. The second kappa shape index (κ2) is 3.64. The lowest BCUT2D eigenvalue weighted by Crippen LogP contribution is -2.14. The van der Waals surface area contributed by atoms with Crippen LogP contribution in [0.15, 0.2) is 0 Å². The van der Waals surface area contributed by atoms with Crippen LogP contribution in [0.5, 0.6) is 5.19 Å². The van der Waals surface area contributed by atoms with Gasteiger partial charge < -0.3 is 9.84 Å². The number of methoxy groups -OCH3 is 1. The molecule has 0 bridgehead atoms. The largest absolute Gasteiger partial charge is 0.473 e. The highest BCUT2D eigenvalue weighted by Gasteiger charge is 2.22. The zero-order valence-electron chi connectivity index (χ0n) is 8.42. The van der Waals surface area contributed by atoms with Gasteiger partial charge in [-0.25, -0.2) is 4.98 Å². The van der Waals surface area contributed by atoms with Crippen molar-refractivity contribution in [2.45, 2.75) is 32.8 Å². The molecule has 0 unspecified atom stereocenters. The first kappa shape index (κ1) is 10.5. The van der Waals surface area contributed by atoms with Gasteiger partial charge in [-0.05, 0) is 0 Å². The molecule has 3 nitrogen and oxygen atoms in total. The van der Waals surface area contributed by atoms with Gasteiger partial charge in [0.05, 0.1) is 24.3 Å². The van der Waals surface area contributed by atoms with Crippen LogP contribution in [0.1, 0.15) is 31.3 Å². The van der Waals surface area contributed by atoms with Crippen LogP contribution in [0, 0.1) is 0 Å². The second-order valence-electron chi connectivity index (χ2n) is 3.86. The van der Waals surface area contributed by atoms with E-state index in [1.165, 1.54) is 11.3 Å². The maximum Gasteiger partial charge on any atom is 0.273 e. The van der Waals surface area contributed by atoms with Crippen molar-refractivity contribution in [3.63, 3.8) is 0 Å². The molecule has 1 aromatic heterocycles. The molecule has 0 aliphatic rings. The zero-order chi connectivity index (χ0) is 10.1. The number of thiazole rings is 1. The Labute approximate surface area is 82.4 Å². The molecule has 0 spiro atoms. The van der Waals surface area contributed by atoms with Gasteiger partial charge in [-0.1, -0.05) is 32.1 Å². The summed E-state index contributed by atoms with van der Waals surface area (Å²) >= 11 is 1.40. The Bertz CT molecular complexity index is 288. The van der Waals surface area contributed by atoms with E-state index in [0.29, 0.717) is 5.19 Å². The summed E-state index contributed by atoms with van der Waals surface area (Å²) in [4.78, 5) is 5.20. The molecule has 1 N–H and O–H groups in total. The Morgan fingerprint density at radius 2 is 2.08 bits per heavy atom. The summed E-state index contributed by atoms with van der Waals surface area (Å²) < 4.78 is 5.03. The average molecular weight is 201 g/mol. The van der Waals surface area contributed by atoms with Gasteiger partial charge in [-0.2, -0.15) is 0 Å². The predicted molar refractivity (Wildman–Crippen MR) is 53.3 cm³/mol. The van der Waals surface area contributed by atoms with Crippen LogP contribution in [0.2, 0.25) is 0 Å². The molecule has 1 heterocycles. The molecule has 0 saturated carbocycles. The van der Waals surface area contributed by atoms with Crippen LogP contribution in [-0.2, 0) is 12.0 Å². The van der Waals surface area contributed by atoms with E-state index in [1.54, 1.807) is 7.11 Å². The Hall–Kier alpha value is -0.610. The normalized spacial score (nSPS) is 11.8. The van der Waals surface area contributed by atoms with Crippen molar-refractivity contribution in [3.8, 4) is 5.19 Å². The maximum atomic E-state index is 9.11. The van der Waals surface area contributed by atoms with E-state index in [1.807, 2.05) is 0 Å². The van der Waals surface area contributed by atoms with Gasteiger partial charge in [0, 0.05) is 5.41 Å². The van der Waals surface area contributed by atoms with E-state index in [2.05, 4.69) is 25.8 Å². The smallest absolute Gasteiger partial charge is 0.273 e. The monoisotopic (exact) mass is 201 g/mol. The first-order valence-corrected chi connectivity index (χ1v) is 4.95. The van der Waals surface area contributed by atoms with Gasteiger partial charge in [0.2, 0.25) is 0 Å². The van der Waals surface area contributed by atoms with Gasteiger partial charge in [-0.3, -0.25) is 0 Å². The predicted octanol–water partition coefficient (Wildman–Crippen LogP) is 1.94. The van der Waals surface area contributed by atoms with Gasteiger partial charge in [-0.15, -0.1) is 0 Å². The molecule has 0 aliphatic heterocycles. The highest BCUT2D eigenvalue weighted by Crippen LogP contribution is 2.32. The van der Waals surface area contributed by atoms with Crippen molar-refractivity contribution >= 4 is 11.3 Å². The molecule has 0 saturated heterocycles. The molecule has 0 fully saturated rings. The SMILES string of the molecule is COc1nc(C(C)(C)C)c(CO)s1. The molecular weight excluding hydrogens is 186 g/mol. The molecule has 0 amide bonds. The van der Waals surface area contributed by atoms with E-state index < -0.39 is 0 Å². The van der Waals surface area contributed by atoms with Gasteiger partial charge in [0.1, 0.15) is 0 Å². The number of hydrogen-bond acceptors (Lipinski definition) is 4. The van der Waals surface area contributed by atoms with E-state index >= 15 is 0 Å². The number of aliphatic hydroxyl groups is 1. The summed E-state index contributed by atoms with van der Waals surface area (Å²) in [6.07, 6.45) is 0. The first-order valence-electron chi connectivity index (χ1n) is 4.14. The topological polar surface area (TPSA) is 42.4 Å². The molecule has 0 aliphatic carbocycles. The average Bonchev–Trinajstić information content (AvgIpc) is 2.46. The van der Waals surface area contributed by atoms with Crippen LogP contribution < -0.4 is 4.74 Å². The molecule has 13 heavy (non-hydrogen) atoms. The lowest BCUT2D eigenvalue weighted by molar-refractivity contribution is 0.282. The summed E-state index contributed by atoms with van der Waals surface area (Å²) in [6.45, 7) is 6.25. The third-order valence-electron chi connectivity index (χ3n) is 1.71. The summed E-state index contributed by atoms with van der Waals surface area (Å²) in [7, 11) is 1.59. The fraction of sp³-hybridized carbons (Fsp3) is 0.667. The fourth-order valence-corrected chi connectivity index (χ4v) is 2.05. The minimum atomic E-state index is -0.0364. The molecular formula is C9H15NO2S. The van der Waals surface area contributed by atoms with E-state index in [4.69, 9.17) is 9.84 Å². The highest BCUT2D eigenvalue weighted by molar-refractivity contribution is 7.13. The lowest BCUT2D eigenvalue weighted by Gasteiger charge is -2.16. The Kier molecular flexibility index (Phi) is 2.93. The van der Waals surface area contributed by atoms with Crippen LogP contribution >= 0.6 is 11.3 Å². The highest BCUT2D eigenvalue weighted by atomic mass is 32.1. The number of rotatable bonds is 2. The van der Waals surface area contributed by atoms with Gasteiger partial charge >= 0.3 is 0 Å². The molecule has 74 valence electrons. The van der Waals surface area contributed by atoms with E-state index in [0.717, 1.165) is 10.6 Å². The molecule has 4 heteroatoms. The van der Waals surface area contributed by atoms with Gasteiger partial charge in [0.25, 0.3) is 5.19 Å². The van der Waals surface area contributed by atoms with Crippen molar-refractivity contribution in [2.24, 2.45) is 0 Å². The summed E-state index contributed by atoms with van der Waals surface area (Å²) in [6, 6.07) is 0. The molecule has 0 aromatic carbocycles. The maximum absolute atomic E-state index is 9.11.